The van der Waals surface area contributed by atoms with E-state index < -0.39 is 0 Å². The predicted octanol–water partition coefficient (Wildman–Crippen LogP) is 2.67. The van der Waals surface area contributed by atoms with Crippen LogP contribution >= 0.6 is 0 Å². The van der Waals surface area contributed by atoms with Gasteiger partial charge in [-0.15, -0.1) is 0 Å². The first-order valence-corrected chi connectivity index (χ1v) is 8.94. The molecule has 0 aliphatic rings. The van der Waals surface area contributed by atoms with Crippen molar-refractivity contribution in [3.8, 4) is 22.7 Å². The van der Waals surface area contributed by atoms with Gasteiger partial charge in [0.1, 0.15) is 5.75 Å². The molecule has 28 heavy (non-hydrogen) atoms. The Morgan fingerprint density at radius 1 is 1.11 bits per heavy atom. The molecule has 1 aromatic carbocycles. The molecule has 0 amide bonds. The fourth-order valence-electron chi connectivity index (χ4n) is 2.83. The molecule has 0 fully saturated rings. The minimum absolute atomic E-state index is 0.666. The van der Waals surface area contributed by atoms with E-state index in [1.54, 1.807) is 30.4 Å². The third-order valence-corrected chi connectivity index (χ3v) is 4.40. The lowest BCUT2D eigenvalue weighted by Crippen LogP contribution is -2.24. The molecule has 3 aromatic heterocycles. The Hall–Kier alpha value is -3.68. The Morgan fingerprint density at radius 3 is 2.86 bits per heavy atom. The lowest BCUT2D eigenvalue weighted by Gasteiger charge is -2.17. The van der Waals surface area contributed by atoms with Crippen molar-refractivity contribution in [3.05, 3.63) is 67.4 Å². The van der Waals surface area contributed by atoms with E-state index in [1.165, 1.54) is 0 Å². The zero-order chi connectivity index (χ0) is 19.3. The van der Waals surface area contributed by atoms with E-state index in [0.29, 0.717) is 5.95 Å². The summed E-state index contributed by atoms with van der Waals surface area (Å²) in [6.45, 7) is 1.53. The van der Waals surface area contributed by atoms with Gasteiger partial charge in [-0.05, 0) is 24.3 Å². The van der Waals surface area contributed by atoms with Crippen LogP contribution < -0.4 is 9.64 Å². The first kappa shape index (κ1) is 17.7. The van der Waals surface area contributed by atoms with Gasteiger partial charge in [-0.1, -0.05) is 6.07 Å². The largest absolute Gasteiger partial charge is 0.497 e. The van der Waals surface area contributed by atoms with Gasteiger partial charge in [0.15, 0.2) is 0 Å². The van der Waals surface area contributed by atoms with Gasteiger partial charge >= 0.3 is 0 Å². The number of anilines is 1. The number of nitrogens with zero attached hydrogens (tertiary/aromatic N) is 7. The van der Waals surface area contributed by atoms with Crippen molar-refractivity contribution in [2.45, 2.75) is 6.54 Å². The van der Waals surface area contributed by atoms with Crippen molar-refractivity contribution in [1.82, 2.24) is 29.5 Å². The van der Waals surface area contributed by atoms with E-state index in [2.05, 4.69) is 15.2 Å². The minimum atomic E-state index is 0.666. The maximum atomic E-state index is 5.29. The van der Waals surface area contributed by atoms with E-state index in [9.17, 15) is 0 Å². The molecule has 8 heteroatoms. The summed E-state index contributed by atoms with van der Waals surface area (Å²) in [5.74, 6) is 1.46. The Morgan fingerprint density at radius 2 is 2.04 bits per heavy atom. The molecule has 0 aliphatic heterocycles. The molecule has 0 spiro atoms. The third-order valence-electron chi connectivity index (χ3n) is 4.40. The van der Waals surface area contributed by atoms with Gasteiger partial charge in [0.2, 0.25) is 5.95 Å². The summed E-state index contributed by atoms with van der Waals surface area (Å²) in [7, 11) is 3.63. The molecule has 0 saturated carbocycles. The molecule has 0 saturated heterocycles. The third kappa shape index (κ3) is 3.85. The Bertz CT molecular complexity index is 1040. The zero-order valence-corrected chi connectivity index (χ0v) is 15.8. The number of hydrogen-bond acceptors (Lipinski definition) is 6. The molecular weight excluding hydrogens is 354 g/mol. The molecule has 4 rings (SSSR count). The van der Waals surface area contributed by atoms with E-state index in [0.717, 1.165) is 35.8 Å². The highest BCUT2D eigenvalue weighted by Gasteiger charge is 2.10. The fourth-order valence-corrected chi connectivity index (χ4v) is 2.83. The lowest BCUT2D eigenvalue weighted by atomic mass is 10.2. The SMILES string of the molecule is COc1cccc(-n2cc(-c3ccnc(N(C)CCn4cccn4)n3)cn2)c1. The highest BCUT2D eigenvalue weighted by atomic mass is 16.5. The summed E-state index contributed by atoms with van der Waals surface area (Å²) in [5.41, 5.74) is 2.67. The van der Waals surface area contributed by atoms with Gasteiger partial charge in [0.25, 0.3) is 0 Å². The molecular formula is C20H21N7O. The summed E-state index contributed by atoms with van der Waals surface area (Å²) in [6, 6.07) is 11.6. The summed E-state index contributed by atoms with van der Waals surface area (Å²) >= 11 is 0. The summed E-state index contributed by atoms with van der Waals surface area (Å²) in [4.78, 5) is 11.1. The molecule has 0 atom stereocenters. The average Bonchev–Trinajstić information content (AvgIpc) is 3.44. The van der Waals surface area contributed by atoms with Crippen LogP contribution in [0.4, 0.5) is 5.95 Å². The first-order chi connectivity index (χ1) is 13.7. The Kier molecular flexibility index (Phi) is 5.01. The fraction of sp³-hybridized carbons (Fsp3) is 0.200. The highest BCUT2D eigenvalue weighted by Crippen LogP contribution is 2.21. The molecule has 0 aliphatic carbocycles. The van der Waals surface area contributed by atoms with Crippen LogP contribution in [0.1, 0.15) is 0 Å². The van der Waals surface area contributed by atoms with E-state index in [4.69, 9.17) is 9.72 Å². The summed E-state index contributed by atoms with van der Waals surface area (Å²) in [5, 5.41) is 8.68. The monoisotopic (exact) mass is 375 g/mol. The van der Waals surface area contributed by atoms with Gasteiger partial charge in [-0.3, -0.25) is 4.68 Å². The second-order valence-electron chi connectivity index (χ2n) is 6.31. The number of likely N-dealkylation sites (N-methyl/N-ethyl adjacent to an activating group) is 1. The quantitative estimate of drug-likeness (QED) is 0.494. The van der Waals surface area contributed by atoms with Crippen LogP contribution in [0.3, 0.4) is 0 Å². The summed E-state index contributed by atoms with van der Waals surface area (Å²) < 4.78 is 8.98. The number of rotatable bonds is 7. The zero-order valence-electron chi connectivity index (χ0n) is 15.8. The molecule has 3 heterocycles. The standard InChI is InChI=1S/C20H21N7O/c1-25(11-12-26-10-4-8-22-26)20-21-9-7-19(24-20)16-14-23-27(15-16)17-5-3-6-18(13-17)28-2/h3-10,13-15H,11-12H2,1-2H3. The number of aromatic nitrogens is 6. The topological polar surface area (TPSA) is 73.9 Å². The van der Waals surface area contributed by atoms with Gasteiger partial charge in [-0.2, -0.15) is 10.2 Å². The van der Waals surface area contributed by atoms with Crippen LogP contribution in [-0.2, 0) is 6.54 Å². The second kappa shape index (κ2) is 7.91. The van der Waals surface area contributed by atoms with Crippen molar-refractivity contribution in [2.75, 3.05) is 25.6 Å². The van der Waals surface area contributed by atoms with Crippen LogP contribution in [0.25, 0.3) is 16.9 Å². The van der Waals surface area contributed by atoms with E-state index in [-0.39, 0.29) is 0 Å². The number of hydrogen-bond donors (Lipinski definition) is 0. The van der Waals surface area contributed by atoms with Crippen molar-refractivity contribution in [3.63, 3.8) is 0 Å². The maximum absolute atomic E-state index is 5.29. The van der Waals surface area contributed by atoms with Crippen molar-refractivity contribution in [1.29, 1.82) is 0 Å². The van der Waals surface area contributed by atoms with Crippen LogP contribution in [0.5, 0.6) is 5.75 Å². The number of methoxy groups -OCH3 is 1. The van der Waals surface area contributed by atoms with Crippen molar-refractivity contribution < 1.29 is 4.74 Å². The first-order valence-electron chi connectivity index (χ1n) is 8.94. The van der Waals surface area contributed by atoms with Gasteiger partial charge in [-0.25, -0.2) is 14.6 Å². The van der Waals surface area contributed by atoms with Gasteiger partial charge in [0.05, 0.1) is 31.2 Å². The van der Waals surface area contributed by atoms with Gasteiger partial charge in [0, 0.05) is 50.0 Å². The smallest absolute Gasteiger partial charge is 0.225 e. The summed E-state index contributed by atoms with van der Waals surface area (Å²) in [6.07, 6.45) is 9.24. The van der Waals surface area contributed by atoms with Crippen molar-refractivity contribution >= 4 is 5.95 Å². The van der Waals surface area contributed by atoms with E-state index >= 15 is 0 Å². The maximum Gasteiger partial charge on any atom is 0.225 e. The molecule has 0 unspecified atom stereocenters. The average molecular weight is 375 g/mol. The van der Waals surface area contributed by atoms with Gasteiger partial charge < -0.3 is 9.64 Å². The molecule has 142 valence electrons. The number of benzene rings is 1. The lowest BCUT2D eigenvalue weighted by molar-refractivity contribution is 0.414. The second-order valence-corrected chi connectivity index (χ2v) is 6.31. The molecule has 0 radical (unpaired) electrons. The Labute approximate surface area is 163 Å². The normalized spacial score (nSPS) is 10.8. The highest BCUT2D eigenvalue weighted by molar-refractivity contribution is 5.59. The predicted molar refractivity (Wildman–Crippen MR) is 107 cm³/mol. The minimum Gasteiger partial charge on any atom is -0.497 e. The molecule has 0 bridgehead atoms. The van der Waals surface area contributed by atoms with E-state index in [1.807, 2.05) is 65.4 Å². The van der Waals surface area contributed by atoms with Crippen LogP contribution in [0.15, 0.2) is 67.4 Å². The van der Waals surface area contributed by atoms with Crippen LogP contribution in [0.2, 0.25) is 0 Å². The molecule has 4 aromatic rings. The number of ether oxygens (including phenoxy) is 1. The van der Waals surface area contributed by atoms with Crippen LogP contribution in [-0.4, -0.2) is 50.2 Å². The molecule has 8 nitrogen and oxygen atoms in total. The molecule has 0 N–H and O–H groups in total. The Balaban J connectivity index is 1.52. The van der Waals surface area contributed by atoms with Crippen LogP contribution in [0, 0.1) is 0 Å². The van der Waals surface area contributed by atoms with Crippen molar-refractivity contribution in [2.24, 2.45) is 0 Å².